The average Bonchev–Trinajstić information content (AvgIpc) is 2.27. The summed E-state index contributed by atoms with van der Waals surface area (Å²) in [5, 5.41) is 13.9. The van der Waals surface area contributed by atoms with E-state index in [9.17, 15) is 18.0 Å². The molecule has 1 saturated heterocycles. The van der Waals surface area contributed by atoms with Gasteiger partial charge in [0.15, 0.2) is 15.0 Å². The fourth-order valence-corrected chi connectivity index (χ4v) is 2.94. The maximum atomic E-state index is 10.2. The van der Waals surface area contributed by atoms with E-state index in [4.69, 9.17) is 19.2 Å². The van der Waals surface area contributed by atoms with Gasteiger partial charge in [0.25, 0.3) is 10.1 Å². The predicted octanol–water partition coefficient (Wildman–Crippen LogP) is -0.899. The van der Waals surface area contributed by atoms with Gasteiger partial charge >= 0.3 is 11.9 Å². The van der Waals surface area contributed by atoms with Crippen LogP contribution in [0.2, 0.25) is 6.04 Å². The lowest BCUT2D eigenvalue weighted by molar-refractivity contribution is -0.143. The van der Waals surface area contributed by atoms with Crippen molar-refractivity contribution in [2.45, 2.75) is 30.6 Å². The smallest absolute Gasteiger partial charge is 0.325 e. The van der Waals surface area contributed by atoms with Crippen LogP contribution in [0.25, 0.3) is 0 Å². The maximum Gasteiger partial charge on any atom is 0.325 e. The molecular formula is C8H16O8SSi. The summed E-state index contributed by atoms with van der Waals surface area (Å²) in [6.45, 7) is 1.06. The lowest BCUT2D eigenvalue weighted by Crippen LogP contribution is -2.31. The first-order chi connectivity index (χ1) is 8.25. The first kappa shape index (κ1) is 17.0. The van der Waals surface area contributed by atoms with Crippen LogP contribution in [-0.4, -0.2) is 56.7 Å². The van der Waals surface area contributed by atoms with Crippen LogP contribution in [0.5, 0.6) is 0 Å². The Kier molecular flexibility index (Phi) is 7.74. The van der Waals surface area contributed by atoms with Crippen molar-refractivity contribution in [3.63, 3.8) is 0 Å². The summed E-state index contributed by atoms with van der Waals surface area (Å²) < 4.78 is 33.9. The molecule has 1 unspecified atom stereocenters. The Balaban J connectivity index is 0.000000397. The van der Waals surface area contributed by atoms with Crippen LogP contribution >= 0.6 is 0 Å². The van der Waals surface area contributed by atoms with Crippen LogP contribution in [0.3, 0.4) is 0 Å². The van der Waals surface area contributed by atoms with Crippen molar-refractivity contribution < 1.29 is 37.2 Å². The normalized spacial score (nSPS) is 18.5. The second kappa shape index (κ2) is 8.19. The second-order valence-electron chi connectivity index (χ2n) is 3.61. The zero-order valence-corrected chi connectivity index (χ0v) is 11.8. The van der Waals surface area contributed by atoms with Crippen molar-refractivity contribution in [1.29, 1.82) is 0 Å². The Morgan fingerprint density at radius 1 is 1.28 bits per heavy atom. The van der Waals surface area contributed by atoms with Gasteiger partial charge in [-0.05, 0) is 12.5 Å². The van der Waals surface area contributed by atoms with Crippen molar-refractivity contribution in [3.05, 3.63) is 0 Å². The molecule has 1 atom stereocenters. The molecule has 0 aromatic heterocycles. The van der Waals surface area contributed by atoms with E-state index in [1.807, 2.05) is 0 Å². The van der Waals surface area contributed by atoms with Crippen LogP contribution in [0.15, 0.2) is 0 Å². The van der Waals surface area contributed by atoms with E-state index in [0.29, 0.717) is 0 Å². The van der Waals surface area contributed by atoms with E-state index in [1.165, 1.54) is 18.9 Å². The minimum atomic E-state index is -4.84. The third-order valence-corrected chi connectivity index (χ3v) is 4.53. The average molecular weight is 300 g/mol. The number of rotatable bonds is 4. The number of hydrogen-bond donors (Lipinski definition) is 3. The van der Waals surface area contributed by atoms with Crippen LogP contribution in [0, 0.1) is 0 Å². The quantitative estimate of drug-likeness (QED) is 0.448. The third-order valence-electron chi connectivity index (χ3n) is 2.07. The van der Waals surface area contributed by atoms with Gasteiger partial charge in [0, 0.05) is 6.61 Å². The highest BCUT2D eigenvalue weighted by molar-refractivity contribution is 7.87. The molecular weight excluding hydrogens is 284 g/mol. The molecule has 0 aliphatic carbocycles. The molecule has 10 heteroatoms. The lowest BCUT2D eigenvalue weighted by atomic mass is 10.3. The molecule has 1 fully saturated rings. The Bertz CT molecular complexity index is 363. The summed E-state index contributed by atoms with van der Waals surface area (Å²) in [6.07, 6.45) is 1.59. The molecule has 0 aromatic rings. The summed E-state index contributed by atoms with van der Waals surface area (Å²) in [6, 6.07) is 1.42. The van der Waals surface area contributed by atoms with Gasteiger partial charge in [0.1, 0.15) is 0 Å². The molecule has 18 heavy (non-hydrogen) atoms. The molecule has 1 aliphatic rings. The van der Waals surface area contributed by atoms with Crippen LogP contribution < -0.4 is 0 Å². The SMILES string of the molecule is C1CC[SiH2]OC1.O=C(O)CC(C(=O)O)S(=O)(=O)O. The van der Waals surface area contributed by atoms with Crippen molar-refractivity contribution >= 4 is 31.8 Å². The van der Waals surface area contributed by atoms with Crippen molar-refractivity contribution in [2.75, 3.05) is 6.61 Å². The summed E-state index contributed by atoms with van der Waals surface area (Å²) in [5.74, 6) is -3.50. The Labute approximate surface area is 107 Å². The van der Waals surface area contributed by atoms with Crippen molar-refractivity contribution in [3.8, 4) is 0 Å². The van der Waals surface area contributed by atoms with Gasteiger partial charge in [-0.2, -0.15) is 8.42 Å². The molecule has 0 radical (unpaired) electrons. The van der Waals surface area contributed by atoms with Crippen LogP contribution in [-0.2, 0) is 24.1 Å². The summed E-state index contributed by atoms with van der Waals surface area (Å²) in [5.41, 5.74) is 0. The molecule has 0 spiro atoms. The van der Waals surface area contributed by atoms with E-state index in [1.54, 1.807) is 0 Å². The highest BCUT2D eigenvalue weighted by Gasteiger charge is 2.33. The Hall–Kier alpha value is -0.973. The fourth-order valence-electron chi connectivity index (χ4n) is 1.17. The molecule has 0 saturated carbocycles. The minimum absolute atomic E-state index is 0.00849. The molecule has 1 rings (SSSR count). The molecule has 0 aromatic carbocycles. The molecule has 1 aliphatic heterocycles. The lowest BCUT2D eigenvalue weighted by Gasteiger charge is -2.07. The monoisotopic (exact) mass is 300 g/mol. The predicted molar refractivity (Wildman–Crippen MR) is 63.8 cm³/mol. The number of aliphatic carboxylic acids is 2. The Morgan fingerprint density at radius 2 is 1.89 bits per heavy atom. The summed E-state index contributed by atoms with van der Waals surface area (Å²) in [7, 11) is -4.83. The maximum absolute atomic E-state index is 10.2. The van der Waals surface area contributed by atoms with Gasteiger partial charge in [0.05, 0.1) is 6.42 Å². The zero-order valence-electron chi connectivity index (χ0n) is 9.61. The standard InChI is InChI=1S/C4H6O7S.C4H10OSi/c5-3(6)1-2(4(7)8)12(9,10)11;1-2-4-6-5-3-1/h2H,1H2,(H,5,6)(H,7,8)(H,9,10,11);1-4,6H2. The van der Waals surface area contributed by atoms with Gasteiger partial charge in [-0.25, -0.2) is 0 Å². The van der Waals surface area contributed by atoms with E-state index < -0.39 is 33.7 Å². The van der Waals surface area contributed by atoms with E-state index in [-0.39, 0.29) is 9.76 Å². The largest absolute Gasteiger partial charge is 0.481 e. The molecule has 8 nitrogen and oxygen atoms in total. The Morgan fingerprint density at radius 3 is 2.00 bits per heavy atom. The first-order valence-corrected chi connectivity index (χ1v) is 8.32. The van der Waals surface area contributed by atoms with Gasteiger partial charge in [0.2, 0.25) is 0 Å². The van der Waals surface area contributed by atoms with Gasteiger partial charge in [-0.15, -0.1) is 0 Å². The number of carboxylic acids is 2. The first-order valence-electron chi connectivity index (χ1n) is 5.23. The van der Waals surface area contributed by atoms with Gasteiger partial charge in [-0.1, -0.05) is 6.42 Å². The topological polar surface area (TPSA) is 138 Å². The van der Waals surface area contributed by atoms with Crippen molar-refractivity contribution in [1.82, 2.24) is 0 Å². The van der Waals surface area contributed by atoms with Crippen molar-refractivity contribution in [2.24, 2.45) is 0 Å². The number of carboxylic acid groups (broad SMARTS) is 2. The van der Waals surface area contributed by atoms with Gasteiger partial charge in [-0.3, -0.25) is 14.1 Å². The van der Waals surface area contributed by atoms with E-state index in [0.717, 1.165) is 6.61 Å². The number of carbonyl (C=O) groups is 2. The summed E-state index contributed by atoms with van der Waals surface area (Å²) >= 11 is 0. The zero-order chi connectivity index (χ0) is 14.2. The van der Waals surface area contributed by atoms with Crippen LogP contribution in [0.1, 0.15) is 19.3 Å². The third kappa shape index (κ3) is 8.17. The molecule has 106 valence electrons. The highest BCUT2D eigenvalue weighted by atomic mass is 32.2. The number of hydrogen-bond acceptors (Lipinski definition) is 5. The fraction of sp³-hybridized carbons (Fsp3) is 0.750. The van der Waals surface area contributed by atoms with Gasteiger partial charge < -0.3 is 14.6 Å². The molecule has 3 N–H and O–H groups in total. The molecule has 1 heterocycles. The highest BCUT2D eigenvalue weighted by Crippen LogP contribution is 2.04. The minimum Gasteiger partial charge on any atom is -0.481 e. The van der Waals surface area contributed by atoms with E-state index >= 15 is 0 Å². The summed E-state index contributed by atoms with van der Waals surface area (Å²) in [4.78, 5) is 20.0. The van der Waals surface area contributed by atoms with Crippen LogP contribution in [0.4, 0.5) is 0 Å². The molecule has 0 amide bonds. The second-order valence-corrected chi connectivity index (χ2v) is 6.74. The van der Waals surface area contributed by atoms with E-state index in [2.05, 4.69) is 0 Å². The molecule has 0 bridgehead atoms.